The predicted molar refractivity (Wildman–Crippen MR) is 165 cm³/mol. The molecule has 2 aliphatic heterocycles. The topological polar surface area (TPSA) is 128 Å². The molecule has 2 aromatic rings. The fourth-order valence-corrected chi connectivity index (χ4v) is 6.51. The number of nitrogens with zero attached hydrogens (tertiary/aromatic N) is 4. The molecule has 2 unspecified atom stereocenters. The molecule has 10 nitrogen and oxygen atoms in total. The van der Waals surface area contributed by atoms with Crippen LogP contribution in [0, 0.1) is 17.3 Å². The first-order valence-corrected chi connectivity index (χ1v) is 15.1. The standard InChI is InChI=1S/C33H47N5O5/c1-21(2)23-9-11-25(12-10-23)33(41,32(7)19-37(8)20-32)26-15-24(16-34-17-26)28(36-42)35-29(39)27-13-14-38(18-22(27)3)30(40)43-31(4,5)6/h9-12,15-17,21-22,27,41-42H,13-14,18-20H2,1-8H3,(H,35,36,39)/t22?,27?,33-/m0/s1. The third kappa shape index (κ3) is 6.70. The molecule has 3 atom stereocenters. The Bertz CT molecular complexity index is 1350. The van der Waals surface area contributed by atoms with Gasteiger partial charge in [-0.3, -0.25) is 9.78 Å². The summed E-state index contributed by atoms with van der Waals surface area (Å²) in [5.74, 6) is -0.527. The number of hydrogen-bond donors (Lipinski definition) is 3. The van der Waals surface area contributed by atoms with E-state index in [4.69, 9.17) is 4.74 Å². The second kappa shape index (κ2) is 12.2. The van der Waals surface area contributed by atoms with Crippen LogP contribution in [0.25, 0.3) is 0 Å². The number of rotatable bonds is 6. The van der Waals surface area contributed by atoms with E-state index in [2.05, 4.69) is 41.1 Å². The number of amidine groups is 1. The first-order valence-electron chi connectivity index (χ1n) is 15.1. The number of hydrogen-bond acceptors (Lipinski definition) is 8. The number of piperidine rings is 1. The second-order valence-corrected chi connectivity index (χ2v) is 13.9. The van der Waals surface area contributed by atoms with E-state index in [-0.39, 0.29) is 17.7 Å². The highest BCUT2D eigenvalue weighted by atomic mass is 16.6. The van der Waals surface area contributed by atoms with Crippen molar-refractivity contribution >= 4 is 17.8 Å². The lowest BCUT2D eigenvalue weighted by Crippen LogP contribution is -2.63. The Hall–Kier alpha value is -3.50. The maximum absolute atomic E-state index is 13.4. The molecule has 0 spiro atoms. The summed E-state index contributed by atoms with van der Waals surface area (Å²) in [6.07, 6.45) is 3.19. The van der Waals surface area contributed by atoms with Crippen molar-refractivity contribution in [3.8, 4) is 0 Å². The SMILES string of the molecule is CC(C)c1ccc([C@](O)(c2cncc(C(=NO)NC(=O)C3CCN(C(=O)OC(C)(C)C)CC3C)c2)C2(C)CN(C)C2)cc1. The number of oxime groups is 1. The van der Waals surface area contributed by atoms with Gasteiger partial charge in [-0.15, -0.1) is 0 Å². The summed E-state index contributed by atoms with van der Waals surface area (Å²) in [6.45, 7) is 15.8. The quantitative estimate of drug-likeness (QED) is 0.194. The van der Waals surface area contributed by atoms with E-state index in [0.717, 1.165) is 5.56 Å². The van der Waals surface area contributed by atoms with E-state index in [1.807, 2.05) is 59.0 Å². The van der Waals surface area contributed by atoms with Crippen molar-refractivity contribution in [3.63, 3.8) is 0 Å². The number of ether oxygens (including phenoxy) is 1. The van der Waals surface area contributed by atoms with Crippen molar-refractivity contribution in [1.82, 2.24) is 20.1 Å². The molecule has 2 aliphatic rings. The number of aliphatic hydroxyl groups is 1. The number of likely N-dealkylation sites (tertiary alicyclic amines) is 2. The molecule has 1 aromatic heterocycles. The monoisotopic (exact) mass is 593 g/mol. The van der Waals surface area contributed by atoms with Crippen LogP contribution in [0.15, 0.2) is 47.9 Å². The number of pyridine rings is 1. The maximum atomic E-state index is 13.4. The highest BCUT2D eigenvalue weighted by Gasteiger charge is 2.55. The van der Waals surface area contributed by atoms with Crippen LogP contribution < -0.4 is 5.32 Å². The lowest BCUT2D eigenvalue weighted by molar-refractivity contribution is -0.127. The molecular formula is C33H47N5O5. The number of benzene rings is 1. The molecule has 0 radical (unpaired) electrons. The van der Waals surface area contributed by atoms with Crippen LogP contribution in [0.4, 0.5) is 4.79 Å². The summed E-state index contributed by atoms with van der Waals surface area (Å²) < 4.78 is 5.49. The van der Waals surface area contributed by atoms with Crippen LogP contribution in [-0.2, 0) is 15.1 Å². The van der Waals surface area contributed by atoms with Gasteiger partial charge in [0, 0.05) is 61.0 Å². The zero-order valence-corrected chi connectivity index (χ0v) is 26.7. The van der Waals surface area contributed by atoms with Gasteiger partial charge in [-0.1, -0.05) is 57.1 Å². The summed E-state index contributed by atoms with van der Waals surface area (Å²) in [4.78, 5) is 34.1. The Labute approximate surface area is 255 Å². The van der Waals surface area contributed by atoms with Gasteiger partial charge in [-0.25, -0.2) is 4.79 Å². The first kappa shape index (κ1) is 32.4. The summed E-state index contributed by atoms with van der Waals surface area (Å²) >= 11 is 0. The smallest absolute Gasteiger partial charge is 0.410 e. The van der Waals surface area contributed by atoms with Gasteiger partial charge < -0.3 is 30.2 Å². The van der Waals surface area contributed by atoms with E-state index < -0.39 is 28.6 Å². The Kier molecular flexibility index (Phi) is 9.23. The summed E-state index contributed by atoms with van der Waals surface area (Å²) in [7, 11) is 2.02. The summed E-state index contributed by atoms with van der Waals surface area (Å²) in [5.41, 5.74) is 0.373. The van der Waals surface area contributed by atoms with Crippen molar-refractivity contribution in [2.24, 2.45) is 22.4 Å². The molecule has 2 saturated heterocycles. The van der Waals surface area contributed by atoms with Crippen molar-refractivity contribution in [1.29, 1.82) is 0 Å². The minimum Gasteiger partial charge on any atom is -0.444 e. The number of amides is 2. The molecule has 3 N–H and O–H groups in total. The zero-order valence-electron chi connectivity index (χ0n) is 26.7. The molecule has 0 bridgehead atoms. The molecule has 1 aromatic carbocycles. The third-order valence-corrected chi connectivity index (χ3v) is 8.77. The van der Waals surface area contributed by atoms with E-state index in [1.165, 1.54) is 11.8 Å². The van der Waals surface area contributed by atoms with Gasteiger partial charge >= 0.3 is 6.09 Å². The molecule has 0 saturated carbocycles. The van der Waals surface area contributed by atoms with Gasteiger partial charge in [-0.05, 0) is 63.3 Å². The number of carbonyl (C=O) groups excluding carboxylic acids is 2. The van der Waals surface area contributed by atoms with Crippen LogP contribution in [0.5, 0.6) is 0 Å². The minimum atomic E-state index is -1.38. The Morgan fingerprint density at radius 1 is 1.14 bits per heavy atom. The van der Waals surface area contributed by atoms with E-state index in [0.29, 0.717) is 49.6 Å². The fourth-order valence-electron chi connectivity index (χ4n) is 6.51. The number of carbonyl (C=O) groups is 2. The summed E-state index contributed by atoms with van der Waals surface area (Å²) in [6, 6.07) is 9.77. The van der Waals surface area contributed by atoms with Crippen molar-refractivity contribution in [2.75, 3.05) is 33.2 Å². The van der Waals surface area contributed by atoms with Gasteiger partial charge in [-0.2, -0.15) is 0 Å². The lowest BCUT2D eigenvalue weighted by atomic mass is 9.62. The van der Waals surface area contributed by atoms with Gasteiger partial charge in [0.25, 0.3) is 0 Å². The number of aromatic nitrogens is 1. The van der Waals surface area contributed by atoms with Crippen LogP contribution in [0.1, 0.15) is 83.1 Å². The largest absolute Gasteiger partial charge is 0.444 e. The Morgan fingerprint density at radius 2 is 1.79 bits per heavy atom. The average Bonchev–Trinajstić information content (AvgIpc) is 2.93. The van der Waals surface area contributed by atoms with Crippen LogP contribution in [0.3, 0.4) is 0 Å². The van der Waals surface area contributed by atoms with Crippen LogP contribution in [-0.4, -0.2) is 81.8 Å². The Morgan fingerprint density at radius 3 is 2.33 bits per heavy atom. The van der Waals surface area contributed by atoms with Gasteiger partial charge in [0.05, 0.1) is 0 Å². The fraction of sp³-hybridized carbons (Fsp3) is 0.576. The molecule has 3 heterocycles. The molecule has 0 aliphatic carbocycles. The Balaban J connectivity index is 1.56. The summed E-state index contributed by atoms with van der Waals surface area (Å²) in [5, 5.41) is 28.7. The van der Waals surface area contributed by atoms with Crippen molar-refractivity contribution < 1.29 is 24.6 Å². The lowest BCUT2D eigenvalue weighted by Gasteiger charge is -2.55. The normalized spacial score (nSPS) is 22.5. The number of nitrogens with one attached hydrogen (secondary N) is 1. The third-order valence-electron chi connectivity index (χ3n) is 8.77. The average molecular weight is 594 g/mol. The van der Waals surface area contributed by atoms with Gasteiger partial charge in [0.15, 0.2) is 5.84 Å². The zero-order chi connectivity index (χ0) is 31.7. The minimum absolute atomic E-state index is 0.0468. The van der Waals surface area contributed by atoms with Crippen molar-refractivity contribution in [2.45, 2.75) is 72.0 Å². The van der Waals surface area contributed by atoms with E-state index in [9.17, 15) is 19.9 Å². The molecule has 4 rings (SSSR count). The van der Waals surface area contributed by atoms with Crippen LogP contribution >= 0.6 is 0 Å². The van der Waals surface area contributed by atoms with Gasteiger partial charge in [0.2, 0.25) is 5.91 Å². The highest BCUT2D eigenvalue weighted by molar-refractivity contribution is 6.08. The van der Waals surface area contributed by atoms with Crippen LogP contribution in [0.2, 0.25) is 0 Å². The molecule has 43 heavy (non-hydrogen) atoms. The molecule has 10 heteroatoms. The molecular weight excluding hydrogens is 546 g/mol. The predicted octanol–water partition coefficient (Wildman–Crippen LogP) is 4.54. The molecule has 234 valence electrons. The first-order chi connectivity index (χ1) is 20.1. The second-order valence-electron chi connectivity index (χ2n) is 13.9. The highest BCUT2D eigenvalue weighted by Crippen LogP contribution is 2.50. The van der Waals surface area contributed by atoms with E-state index in [1.54, 1.807) is 17.2 Å². The van der Waals surface area contributed by atoms with Gasteiger partial charge in [0.1, 0.15) is 11.2 Å². The van der Waals surface area contributed by atoms with E-state index >= 15 is 0 Å². The maximum Gasteiger partial charge on any atom is 0.410 e. The molecule has 2 fully saturated rings. The van der Waals surface area contributed by atoms with Crippen molar-refractivity contribution in [3.05, 3.63) is 65.0 Å². The molecule has 2 amide bonds.